The molecule has 1 aliphatic rings. The van der Waals surface area contributed by atoms with Gasteiger partial charge in [0.15, 0.2) is 0 Å². The third kappa shape index (κ3) is 4.97. The Hall–Kier alpha value is -3.64. The maximum absolute atomic E-state index is 12.7. The van der Waals surface area contributed by atoms with Gasteiger partial charge in [0.05, 0.1) is 18.1 Å². The van der Waals surface area contributed by atoms with Gasteiger partial charge in [0, 0.05) is 24.3 Å². The smallest absolute Gasteiger partial charge is 0.251 e. The third-order valence-electron chi connectivity index (χ3n) is 6.68. The number of aromatic nitrogens is 2. The van der Waals surface area contributed by atoms with Crippen molar-refractivity contribution in [2.24, 2.45) is 5.92 Å². The maximum Gasteiger partial charge on any atom is 0.251 e. The predicted octanol–water partition coefficient (Wildman–Crippen LogP) is 4.68. The minimum atomic E-state index is -0.0114. The van der Waals surface area contributed by atoms with E-state index in [-0.39, 0.29) is 5.91 Å². The fourth-order valence-electron chi connectivity index (χ4n) is 4.62. The number of para-hydroxylation sites is 2. The fraction of sp³-hybridized carbons (Fsp3) is 0.286. The maximum atomic E-state index is 12.7. The number of carbonyl (C=O) groups is 1. The van der Waals surface area contributed by atoms with Crippen molar-refractivity contribution in [2.75, 3.05) is 26.7 Å². The SMILES string of the molecule is COc1ccc(CN2CCC(CNC(=O)c3ccc(-n4cnc5ccccc54)cc3)CC2)cc1. The number of likely N-dealkylation sites (tertiary alicyclic amines) is 1. The number of piperidine rings is 1. The zero-order valence-corrected chi connectivity index (χ0v) is 19.5. The quantitative estimate of drug-likeness (QED) is 0.441. The second kappa shape index (κ2) is 10.1. The first-order valence-electron chi connectivity index (χ1n) is 11.9. The molecule has 1 aromatic heterocycles. The highest BCUT2D eigenvalue weighted by Gasteiger charge is 2.20. The summed E-state index contributed by atoms with van der Waals surface area (Å²) in [5, 5.41) is 3.14. The van der Waals surface area contributed by atoms with Crippen LogP contribution >= 0.6 is 0 Å². The van der Waals surface area contributed by atoms with Crippen molar-refractivity contribution in [3.8, 4) is 11.4 Å². The summed E-state index contributed by atoms with van der Waals surface area (Å²) in [5.74, 6) is 1.40. The molecular weight excluding hydrogens is 424 g/mol. The number of hydrogen-bond donors (Lipinski definition) is 1. The largest absolute Gasteiger partial charge is 0.497 e. The van der Waals surface area contributed by atoms with E-state index in [1.54, 1.807) is 7.11 Å². The zero-order chi connectivity index (χ0) is 23.3. The molecule has 1 N–H and O–H groups in total. The van der Waals surface area contributed by atoms with E-state index in [4.69, 9.17) is 4.74 Å². The molecule has 0 unspecified atom stereocenters. The molecule has 1 amide bonds. The Kier molecular flexibility index (Phi) is 6.58. The van der Waals surface area contributed by atoms with Crippen molar-refractivity contribution in [1.82, 2.24) is 19.8 Å². The van der Waals surface area contributed by atoms with E-state index in [2.05, 4.69) is 27.3 Å². The van der Waals surface area contributed by atoms with Gasteiger partial charge < -0.3 is 10.1 Å². The van der Waals surface area contributed by atoms with Crippen molar-refractivity contribution in [1.29, 1.82) is 0 Å². The highest BCUT2D eigenvalue weighted by Crippen LogP contribution is 2.21. The van der Waals surface area contributed by atoms with Crippen LogP contribution in [0.15, 0.2) is 79.1 Å². The standard InChI is InChI=1S/C28H30N4O2/c1-34-25-12-6-22(7-13-25)19-31-16-14-21(15-17-31)18-29-28(33)23-8-10-24(11-9-23)32-20-30-26-4-2-3-5-27(26)32/h2-13,20-21H,14-19H2,1H3,(H,29,33). The van der Waals surface area contributed by atoms with E-state index < -0.39 is 0 Å². The van der Waals surface area contributed by atoms with Crippen LogP contribution in [0.25, 0.3) is 16.7 Å². The van der Waals surface area contributed by atoms with Gasteiger partial charge in [-0.15, -0.1) is 0 Å². The predicted molar refractivity (Wildman–Crippen MR) is 134 cm³/mol. The van der Waals surface area contributed by atoms with E-state index >= 15 is 0 Å². The minimum Gasteiger partial charge on any atom is -0.497 e. The molecule has 34 heavy (non-hydrogen) atoms. The Morgan fingerprint density at radius 1 is 1.00 bits per heavy atom. The van der Waals surface area contributed by atoms with Gasteiger partial charge in [-0.3, -0.25) is 14.3 Å². The van der Waals surface area contributed by atoms with Gasteiger partial charge in [-0.2, -0.15) is 0 Å². The first-order chi connectivity index (χ1) is 16.7. The number of rotatable bonds is 7. The molecule has 0 atom stereocenters. The number of methoxy groups -OCH3 is 1. The number of fused-ring (bicyclic) bond motifs is 1. The molecule has 0 radical (unpaired) electrons. The highest BCUT2D eigenvalue weighted by molar-refractivity contribution is 5.94. The molecule has 1 saturated heterocycles. The van der Waals surface area contributed by atoms with Crippen molar-refractivity contribution in [3.05, 3.63) is 90.3 Å². The molecular formula is C28H30N4O2. The Labute approximate surface area is 200 Å². The minimum absolute atomic E-state index is 0.0114. The molecule has 2 heterocycles. The Morgan fingerprint density at radius 2 is 1.74 bits per heavy atom. The van der Waals surface area contributed by atoms with Crippen LogP contribution in [0.3, 0.4) is 0 Å². The normalized spacial score (nSPS) is 14.9. The summed E-state index contributed by atoms with van der Waals surface area (Å²) in [6, 6.07) is 24.0. The lowest BCUT2D eigenvalue weighted by Crippen LogP contribution is -2.38. The number of hydrogen-bond acceptors (Lipinski definition) is 4. The molecule has 0 saturated carbocycles. The monoisotopic (exact) mass is 454 g/mol. The summed E-state index contributed by atoms with van der Waals surface area (Å²) in [5.41, 5.74) is 5.00. The van der Waals surface area contributed by atoms with Gasteiger partial charge in [-0.25, -0.2) is 4.98 Å². The summed E-state index contributed by atoms with van der Waals surface area (Å²) in [6.45, 7) is 3.80. The first kappa shape index (κ1) is 22.2. The van der Waals surface area contributed by atoms with Gasteiger partial charge in [0.25, 0.3) is 5.91 Å². The average molecular weight is 455 g/mol. The number of nitrogens with one attached hydrogen (secondary N) is 1. The van der Waals surface area contributed by atoms with E-state index in [1.807, 2.05) is 71.6 Å². The number of ether oxygens (including phenoxy) is 1. The lowest BCUT2D eigenvalue weighted by Gasteiger charge is -2.32. The van der Waals surface area contributed by atoms with Gasteiger partial charge in [0.2, 0.25) is 0 Å². The van der Waals surface area contributed by atoms with Crippen molar-refractivity contribution in [2.45, 2.75) is 19.4 Å². The summed E-state index contributed by atoms with van der Waals surface area (Å²) in [7, 11) is 1.69. The van der Waals surface area contributed by atoms with Crippen LogP contribution in [-0.4, -0.2) is 47.1 Å². The number of carbonyl (C=O) groups excluding carboxylic acids is 1. The summed E-state index contributed by atoms with van der Waals surface area (Å²) < 4.78 is 7.28. The molecule has 4 aromatic rings. The van der Waals surface area contributed by atoms with Crippen molar-refractivity contribution < 1.29 is 9.53 Å². The lowest BCUT2D eigenvalue weighted by molar-refractivity contribution is 0.0935. The van der Waals surface area contributed by atoms with E-state index in [9.17, 15) is 4.79 Å². The van der Waals surface area contributed by atoms with Gasteiger partial charge in [-0.05, 0) is 85.9 Å². The average Bonchev–Trinajstić information content (AvgIpc) is 3.33. The fourth-order valence-corrected chi connectivity index (χ4v) is 4.62. The Bertz CT molecular complexity index is 1240. The highest BCUT2D eigenvalue weighted by atomic mass is 16.5. The van der Waals surface area contributed by atoms with Crippen LogP contribution in [-0.2, 0) is 6.54 Å². The van der Waals surface area contributed by atoms with Crippen LogP contribution in [0, 0.1) is 5.92 Å². The summed E-state index contributed by atoms with van der Waals surface area (Å²) in [6.07, 6.45) is 4.02. The molecule has 0 spiro atoms. The van der Waals surface area contributed by atoms with E-state index in [1.165, 1.54) is 5.56 Å². The van der Waals surface area contributed by atoms with E-state index in [0.29, 0.717) is 11.5 Å². The van der Waals surface area contributed by atoms with Crippen LogP contribution in [0.1, 0.15) is 28.8 Å². The van der Waals surface area contributed by atoms with Crippen molar-refractivity contribution in [3.63, 3.8) is 0 Å². The summed E-state index contributed by atoms with van der Waals surface area (Å²) >= 11 is 0. The molecule has 5 rings (SSSR count). The van der Waals surface area contributed by atoms with Crippen LogP contribution in [0.4, 0.5) is 0 Å². The molecule has 0 bridgehead atoms. The topological polar surface area (TPSA) is 59.4 Å². The van der Waals surface area contributed by atoms with Crippen LogP contribution in [0.5, 0.6) is 5.75 Å². The number of imidazole rings is 1. The second-order valence-electron chi connectivity index (χ2n) is 8.93. The first-order valence-corrected chi connectivity index (χ1v) is 11.9. The summed E-state index contributed by atoms with van der Waals surface area (Å²) in [4.78, 5) is 19.6. The third-order valence-corrected chi connectivity index (χ3v) is 6.68. The molecule has 6 nitrogen and oxygen atoms in total. The molecule has 1 aliphatic heterocycles. The van der Waals surface area contributed by atoms with Gasteiger partial charge in [0.1, 0.15) is 12.1 Å². The molecule has 3 aromatic carbocycles. The Balaban J connectivity index is 1.10. The number of amides is 1. The van der Waals surface area contributed by atoms with Gasteiger partial charge >= 0.3 is 0 Å². The van der Waals surface area contributed by atoms with Gasteiger partial charge in [-0.1, -0.05) is 24.3 Å². The lowest BCUT2D eigenvalue weighted by atomic mass is 9.96. The molecule has 1 fully saturated rings. The number of benzene rings is 3. The van der Waals surface area contributed by atoms with Crippen LogP contribution in [0.2, 0.25) is 0 Å². The Morgan fingerprint density at radius 3 is 2.47 bits per heavy atom. The molecule has 6 heteroatoms. The molecule has 0 aliphatic carbocycles. The number of nitrogens with zero attached hydrogens (tertiary/aromatic N) is 3. The molecule has 174 valence electrons. The second-order valence-corrected chi connectivity index (χ2v) is 8.93. The van der Waals surface area contributed by atoms with Crippen LogP contribution < -0.4 is 10.1 Å². The van der Waals surface area contributed by atoms with Crippen molar-refractivity contribution >= 4 is 16.9 Å². The van der Waals surface area contributed by atoms with E-state index in [0.717, 1.165) is 61.5 Å². The zero-order valence-electron chi connectivity index (χ0n) is 19.5.